The van der Waals surface area contributed by atoms with E-state index in [1.54, 1.807) is 6.20 Å². The van der Waals surface area contributed by atoms with E-state index in [1.807, 2.05) is 6.92 Å². The number of hydrogen-bond donors (Lipinski definition) is 1. The number of aryl methyl sites for hydroxylation is 1. The molecule has 1 aliphatic heterocycles. The molecule has 94 valence electrons. The minimum Gasteiger partial charge on any atom is -0.368 e. The van der Waals surface area contributed by atoms with Crippen LogP contribution in [0.4, 0.5) is 11.8 Å². The van der Waals surface area contributed by atoms with Crippen molar-refractivity contribution in [3.63, 3.8) is 0 Å². The van der Waals surface area contributed by atoms with E-state index in [0.29, 0.717) is 5.95 Å². The Labute approximate surface area is 103 Å². The van der Waals surface area contributed by atoms with E-state index in [1.165, 1.54) is 0 Å². The molecule has 0 bridgehead atoms. The van der Waals surface area contributed by atoms with Crippen molar-refractivity contribution in [2.24, 2.45) is 0 Å². The van der Waals surface area contributed by atoms with Gasteiger partial charge in [-0.3, -0.25) is 4.90 Å². The molecule has 0 unspecified atom stereocenters. The fourth-order valence-electron chi connectivity index (χ4n) is 2.19. The van der Waals surface area contributed by atoms with Crippen molar-refractivity contribution in [2.75, 3.05) is 37.3 Å². The Kier molecular flexibility index (Phi) is 2.95. The first-order valence-corrected chi connectivity index (χ1v) is 5.95. The average Bonchev–Trinajstić information content (AvgIpc) is 2.25. The highest BCUT2D eigenvalue weighted by molar-refractivity contribution is 5.48. The smallest absolute Gasteiger partial charge is 0.221 e. The third kappa shape index (κ3) is 2.34. The van der Waals surface area contributed by atoms with Gasteiger partial charge in [0.25, 0.3) is 0 Å². The molecule has 0 saturated carbocycles. The first kappa shape index (κ1) is 12.1. The molecule has 1 saturated heterocycles. The summed E-state index contributed by atoms with van der Waals surface area (Å²) in [7, 11) is 2.17. The largest absolute Gasteiger partial charge is 0.368 e. The topological polar surface area (TPSA) is 58.3 Å². The van der Waals surface area contributed by atoms with E-state index in [4.69, 9.17) is 5.73 Å². The number of hydrogen-bond acceptors (Lipinski definition) is 5. The molecule has 5 heteroatoms. The molecule has 1 aromatic heterocycles. The van der Waals surface area contributed by atoms with Crippen LogP contribution in [0.25, 0.3) is 0 Å². The van der Waals surface area contributed by atoms with E-state index in [0.717, 1.165) is 31.0 Å². The van der Waals surface area contributed by atoms with Gasteiger partial charge in [0.15, 0.2) is 0 Å². The van der Waals surface area contributed by atoms with Gasteiger partial charge >= 0.3 is 0 Å². The second-order valence-corrected chi connectivity index (χ2v) is 5.39. The van der Waals surface area contributed by atoms with Gasteiger partial charge in [0.2, 0.25) is 5.95 Å². The SMILES string of the molecule is Cc1cnc(N)nc1N1CCN(C)C(C)(C)C1. The summed E-state index contributed by atoms with van der Waals surface area (Å²) in [5, 5.41) is 0. The van der Waals surface area contributed by atoms with Gasteiger partial charge in [0.1, 0.15) is 5.82 Å². The van der Waals surface area contributed by atoms with Crippen molar-refractivity contribution in [1.82, 2.24) is 14.9 Å². The first-order valence-electron chi connectivity index (χ1n) is 5.95. The van der Waals surface area contributed by atoms with Gasteiger partial charge in [0.05, 0.1) is 0 Å². The Hall–Kier alpha value is -1.36. The molecule has 0 spiro atoms. The predicted molar refractivity (Wildman–Crippen MR) is 70.1 cm³/mol. The summed E-state index contributed by atoms with van der Waals surface area (Å²) < 4.78 is 0. The minimum absolute atomic E-state index is 0.157. The molecule has 0 aromatic carbocycles. The van der Waals surface area contributed by atoms with Crippen LogP contribution in [0, 0.1) is 6.92 Å². The third-order valence-electron chi connectivity index (χ3n) is 3.58. The molecule has 0 atom stereocenters. The van der Waals surface area contributed by atoms with Crippen molar-refractivity contribution in [3.8, 4) is 0 Å². The number of nitrogen functional groups attached to an aromatic ring is 1. The van der Waals surface area contributed by atoms with Crippen LogP contribution in [0.5, 0.6) is 0 Å². The number of anilines is 2. The average molecular weight is 235 g/mol. The lowest BCUT2D eigenvalue weighted by Crippen LogP contribution is -2.58. The standard InChI is InChI=1S/C12H21N5/c1-9-7-14-11(13)15-10(9)17-6-5-16(4)12(2,3)8-17/h7H,5-6,8H2,1-4H3,(H2,13,14,15). The number of likely N-dealkylation sites (N-methyl/N-ethyl adjacent to an activating group) is 1. The van der Waals surface area contributed by atoms with Gasteiger partial charge in [0, 0.05) is 36.9 Å². The van der Waals surface area contributed by atoms with Crippen molar-refractivity contribution in [3.05, 3.63) is 11.8 Å². The Balaban J connectivity index is 2.26. The highest BCUT2D eigenvalue weighted by atomic mass is 15.3. The van der Waals surface area contributed by atoms with Crippen molar-refractivity contribution >= 4 is 11.8 Å². The van der Waals surface area contributed by atoms with E-state index >= 15 is 0 Å². The van der Waals surface area contributed by atoms with Gasteiger partial charge in [-0.25, -0.2) is 4.98 Å². The van der Waals surface area contributed by atoms with Crippen molar-refractivity contribution in [1.29, 1.82) is 0 Å². The maximum atomic E-state index is 5.67. The lowest BCUT2D eigenvalue weighted by atomic mass is 9.99. The van der Waals surface area contributed by atoms with E-state index in [9.17, 15) is 0 Å². The van der Waals surface area contributed by atoms with Gasteiger partial charge < -0.3 is 10.6 Å². The van der Waals surface area contributed by atoms with Gasteiger partial charge in [-0.2, -0.15) is 4.98 Å². The number of aromatic nitrogens is 2. The Morgan fingerprint density at radius 1 is 1.35 bits per heavy atom. The van der Waals surface area contributed by atoms with Crippen LogP contribution in [-0.2, 0) is 0 Å². The fraction of sp³-hybridized carbons (Fsp3) is 0.667. The number of nitrogens with zero attached hydrogens (tertiary/aromatic N) is 4. The Morgan fingerprint density at radius 2 is 2.06 bits per heavy atom. The molecular formula is C12H21N5. The maximum absolute atomic E-state index is 5.67. The molecule has 2 heterocycles. The summed E-state index contributed by atoms with van der Waals surface area (Å²) in [5.41, 5.74) is 6.91. The maximum Gasteiger partial charge on any atom is 0.221 e. The van der Waals surface area contributed by atoms with Gasteiger partial charge in [-0.05, 0) is 27.8 Å². The van der Waals surface area contributed by atoms with Crippen LogP contribution < -0.4 is 10.6 Å². The molecule has 5 nitrogen and oxygen atoms in total. The minimum atomic E-state index is 0.157. The lowest BCUT2D eigenvalue weighted by molar-refractivity contribution is 0.138. The summed E-state index contributed by atoms with van der Waals surface area (Å²) >= 11 is 0. The van der Waals surface area contributed by atoms with Crippen LogP contribution in [0.2, 0.25) is 0 Å². The van der Waals surface area contributed by atoms with E-state index in [2.05, 4.69) is 40.7 Å². The van der Waals surface area contributed by atoms with Crippen molar-refractivity contribution in [2.45, 2.75) is 26.3 Å². The normalized spacial score (nSPS) is 20.6. The zero-order valence-corrected chi connectivity index (χ0v) is 11.1. The molecule has 2 N–H and O–H groups in total. The number of rotatable bonds is 1. The highest BCUT2D eigenvalue weighted by Crippen LogP contribution is 2.25. The molecule has 1 fully saturated rings. The monoisotopic (exact) mass is 235 g/mol. The molecule has 0 aliphatic carbocycles. The van der Waals surface area contributed by atoms with Crippen LogP contribution in [0.15, 0.2) is 6.20 Å². The lowest BCUT2D eigenvalue weighted by Gasteiger charge is -2.46. The zero-order chi connectivity index (χ0) is 12.6. The summed E-state index contributed by atoms with van der Waals surface area (Å²) in [5.74, 6) is 1.32. The van der Waals surface area contributed by atoms with Crippen LogP contribution in [-0.4, -0.2) is 47.1 Å². The second kappa shape index (κ2) is 4.14. The van der Waals surface area contributed by atoms with Gasteiger partial charge in [-0.1, -0.05) is 0 Å². The molecule has 1 aliphatic rings. The Morgan fingerprint density at radius 3 is 2.71 bits per heavy atom. The summed E-state index contributed by atoms with van der Waals surface area (Å²) in [6.07, 6.45) is 1.79. The van der Waals surface area contributed by atoms with Gasteiger partial charge in [-0.15, -0.1) is 0 Å². The number of piperazine rings is 1. The summed E-state index contributed by atoms with van der Waals surface area (Å²) in [4.78, 5) is 13.1. The third-order valence-corrected chi connectivity index (χ3v) is 3.58. The second-order valence-electron chi connectivity index (χ2n) is 5.39. The fourth-order valence-corrected chi connectivity index (χ4v) is 2.19. The molecule has 1 aromatic rings. The van der Waals surface area contributed by atoms with E-state index < -0.39 is 0 Å². The van der Waals surface area contributed by atoms with Crippen molar-refractivity contribution < 1.29 is 0 Å². The molecular weight excluding hydrogens is 214 g/mol. The summed E-state index contributed by atoms with van der Waals surface area (Å²) in [6, 6.07) is 0. The molecule has 2 rings (SSSR count). The first-order chi connectivity index (χ1) is 7.90. The quantitative estimate of drug-likeness (QED) is 0.783. The predicted octanol–water partition coefficient (Wildman–Crippen LogP) is 0.898. The van der Waals surface area contributed by atoms with Crippen LogP contribution >= 0.6 is 0 Å². The van der Waals surface area contributed by atoms with E-state index in [-0.39, 0.29) is 5.54 Å². The number of nitrogens with two attached hydrogens (primary N) is 1. The highest BCUT2D eigenvalue weighted by Gasteiger charge is 2.32. The zero-order valence-electron chi connectivity index (χ0n) is 11.1. The molecule has 17 heavy (non-hydrogen) atoms. The van der Waals surface area contributed by atoms with Crippen LogP contribution in [0.3, 0.4) is 0 Å². The summed E-state index contributed by atoms with van der Waals surface area (Å²) in [6.45, 7) is 9.51. The molecule has 0 radical (unpaired) electrons. The van der Waals surface area contributed by atoms with Crippen LogP contribution in [0.1, 0.15) is 19.4 Å². The Bertz CT molecular complexity index is 415. The molecule has 0 amide bonds.